The average molecular weight is 533 g/mol. The Morgan fingerprint density at radius 1 is 1.13 bits per heavy atom. The third-order valence-electron chi connectivity index (χ3n) is 6.19. The molecule has 2 unspecified atom stereocenters. The number of carbonyl (C=O) groups is 2. The summed E-state index contributed by atoms with van der Waals surface area (Å²) in [7, 11) is 0. The summed E-state index contributed by atoms with van der Waals surface area (Å²) in [5.74, 6) is 0.642. The molecule has 1 aliphatic rings. The standard InChI is InChI=1S/C30H36N4O3S/c1-5-16-38-27-14-13-23(18-24(27)19-31)22-11-9-21(10-12-22)17-25(20-32)33-28(35)26-8-6-7-15-34(26)29(36)37-30(2,3)4/h9-14,18,25-26H,5-8,15-17H2,1-4H3,(H,33,35). The van der Waals surface area contributed by atoms with Gasteiger partial charge in [-0.25, -0.2) is 4.79 Å². The number of rotatable bonds is 8. The fourth-order valence-corrected chi connectivity index (χ4v) is 5.19. The second-order valence-electron chi connectivity index (χ2n) is 10.4. The van der Waals surface area contributed by atoms with Crippen molar-refractivity contribution >= 4 is 23.8 Å². The first-order valence-electron chi connectivity index (χ1n) is 13.1. The molecule has 1 fully saturated rings. The fraction of sp³-hybridized carbons (Fsp3) is 0.467. The van der Waals surface area contributed by atoms with Gasteiger partial charge in [-0.15, -0.1) is 11.8 Å². The Morgan fingerprint density at radius 3 is 2.47 bits per heavy atom. The molecule has 2 atom stereocenters. The Bertz CT molecular complexity index is 1210. The number of carbonyl (C=O) groups excluding carboxylic acids is 2. The highest BCUT2D eigenvalue weighted by molar-refractivity contribution is 7.99. The van der Waals surface area contributed by atoms with Crippen LogP contribution in [0.5, 0.6) is 0 Å². The normalized spacial score (nSPS) is 16.2. The predicted octanol–water partition coefficient (Wildman–Crippen LogP) is 6.07. The highest BCUT2D eigenvalue weighted by atomic mass is 32.2. The minimum absolute atomic E-state index is 0.330. The van der Waals surface area contributed by atoms with Gasteiger partial charge < -0.3 is 10.1 Å². The number of nitriles is 2. The number of piperidine rings is 1. The van der Waals surface area contributed by atoms with E-state index < -0.39 is 23.8 Å². The molecular weight excluding hydrogens is 496 g/mol. The minimum atomic E-state index is -0.726. The zero-order valence-electron chi connectivity index (χ0n) is 22.6. The van der Waals surface area contributed by atoms with Crippen LogP contribution in [0.25, 0.3) is 11.1 Å². The molecule has 0 saturated carbocycles. The van der Waals surface area contributed by atoms with Gasteiger partial charge in [0.2, 0.25) is 5.91 Å². The van der Waals surface area contributed by atoms with Crippen molar-refractivity contribution in [2.75, 3.05) is 12.3 Å². The lowest BCUT2D eigenvalue weighted by atomic mass is 9.99. The van der Waals surface area contributed by atoms with Crippen LogP contribution in [0.4, 0.5) is 4.79 Å². The van der Waals surface area contributed by atoms with E-state index in [0.717, 1.165) is 46.6 Å². The van der Waals surface area contributed by atoms with Crippen molar-refractivity contribution in [3.05, 3.63) is 53.6 Å². The first kappa shape index (κ1) is 29.1. The number of nitrogens with one attached hydrogen (secondary N) is 1. The van der Waals surface area contributed by atoms with Gasteiger partial charge in [-0.1, -0.05) is 37.3 Å². The minimum Gasteiger partial charge on any atom is -0.444 e. The Labute approximate surface area is 230 Å². The number of thioether (sulfide) groups is 1. The van der Waals surface area contributed by atoms with Crippen LogP contribution >= 0.6 is 11.8 Å². The maximum atomic E-state index is 13.1. The van der Waals surface area contributed by atoms with E-state index in [1.165, 1.54) is 4.90 Å². The Hall–Kier alpha value is -3.49. The summed E-state index contributed by atoms with van der Waals surface area (Å²) in [6.07, 6.45) is 3.08. The van der Waals surface area contributed by atoms with E-state index in [2.05, 4.69) is 24.4 Å². The maximum Gasteiger partial charge on any atom is 0.410 e. The summed E-state index contributed by atoms with van der Waals surface area (Å²) in [4.78, 5) is 28.2. The molecule has 3 rings (SSSR count). The summed E-state index contributed by atoms with van der Waals surface area (Å²) >= 11 is 1.69. The highest BCUT2D eigenvalue weighted by Gasteiger charge is 2.35. The van der Waals surface area contributed by atoms with Crippen molar-refractivity contribution in [3.8, 4) is 23.3 Å². The third kappa shape index (κ3) is 8.00. The summed E-state index contributed by atoms with van der Waals surface area (Å²) in [5.41, 5.74) is 2.86. The predicted molar refractivity (Wildman–Crippen MR) is 149 cm³/mol. The van der Waals surface area contributed by atoms with Crippen LogP contribution in [0.3, 0.4) is 0 Å². The monoisotopic (exact) mass is 532 g/mol. The van der Waals surface area contributed by atoms with Crippen molar-refractivity contribution in [2.45, 2.75) is 82.4 Å². The molecule has 0 aromatic heterocycles. The van der Waals surface area contributed by atoms with Gasteiger partial charge in [0.25, 0.3) is 0 Å². The Kier molecular flexibility index (Phi) is 10.2. The molecule has 1 aliphatic heterocycles. The second-order valence-corrected chi connectivity index (χ2v) is 11.6. The van der Waals surface area contributed by atoms with Crippen LogP contribution in [0.2, 0.25) is 0 Å². The number of nitrogens with zero attached hydrogens (tertiary/aromatic N) is 3. The molecule has 1 N–H and O–H groups in total. The molecule has 0 bridgehead atoms. The lowest BCUT2D eigenvalue weighted by Gasteiger charge is -2.36. The van der Waals surface area contributed by atoms with Gasteiger partial charge in [-0.2, -0.15) is 10.5 Å². The van der Waals surface area contributed by atoms with Crippen molar-refractivity contribution in [3.63, 3.8) is 0 Å². The molecule has 1 heterocycles. The van der Waals surface area contributed by atoms with E-state index in [1.807, 2.05) is 42.5 Å². The molecule has 0 radical (unpaired) electrons. The zero-order valence-corrected chi connectivity index (χ0v) is 23.4. The summed E-state index contributed by atoms with van der Waals surface area (Å²) < 4.78 is 5.49. The van der Waals surface area contributed by atoms with Crippen LogP contribution < -0.4 is 5.32 Å². The van der Waals surface area contributed by atoms with Crippen molar-refractivity contribution in [2.24, 2.45) is 0 Å². The molecule has 200 valence electrons. The molecule has 0 spiro atoms. The van der Waals surface area contributed by atoms with Gasteiger partial charge >= 0.3 is 6.09 Å². The van der Waals surface area contributed by atoms with Crippen LogP contribution in [-0.2, 0) is 16.0 Å². The van der Waals surface area contributed by atoms with Gasteiger partial charge in [0.1, 0.15) is 23.8 Å². The van der Waals surface area contributed by atoms with Crippen LogP contribution in [0, 0.1) is 22.7 Å². The number of benzene rings is 2. The SMILES string of the molecule is CCCSc1ccc(-c2ccc(CC(C#N)NC(=O)C3CCCCN3C(=O)OC(C)(C)C)cc2)cc1C#N. The average Bonchev–Trinajstić information content (AvgIpc) is 2.90. The van der Waals surface area contributed by atoms with Crippen LogP contribution in [0.1, 0.15) is 64.5 Å². The van der Waals surface area contributed by atoms with Crippen molar-refractivity contribution in [1.82, 2.24) is 10.2 Å². The summed E-state index contributed by atoms with van der Waals surface area (Å²) in [6.45, 7) is 7.96. The van der Waals surface area contributed by atoms with Gasteiger partial charge in [-0.3, -0.25) is 9.69 Å². The molecule has 1 saturated heterocycles. The van der Waals surface area contributed by atoms with Gasteiger partial charge in [0.15, 0.2) is 0 Å². The van der Waals surface area contributed by atoms with Gasteiger partial charge in [-0.05, 0) is 81.0 Å². The quantitative estimate of drug-likeness (QED) is 0.414. The molecule has 38 heavy (non-hydrogen) atoms. The van der Waals surface area contributed by atoms with Gasteiger partial charge in [0.05, 0.1) is 11.6 Å². The van der Waals surface area contributed by atoms with Crippen LogP contribution in [0.15, 0.2) is 47.4 Å². The van der Waals surface area contributed by atoms with Crippen molar-refractivity contribution < 1.29 is 14.3 Å². The number of likely N-dealkylation sites (tertiary alicyclic amines) is 1. The van der Waals surface area contributed by atoms with Gasteiger partial charge in [0, 0.05) is 17.9 Å². The van der Waals surface area contributed by atoms with E-state index in [9.17, 15) is 20.1 Å². The molecule has 2 amide bonds. The number of hydrogen-bond acceptors (Lipinski definition) is 6. The first-order valence-corrected chi connectivity index (χ1v) is 14.1. The van der Waals surface area contributed by atoms with Crippen LogP contribution in [-0.4, -0.2) is 46.9 Å². The summed E-state index contributed by atoms with van der Waals surface area (Å²) in [5, 5.41) is 22.1. The smallest absolute Gasteiger partial charge is 0.410 e. The summed E-state index contributed by atoms with van der Waals surface area (Å²) in [6, 6.07) is 16.8. The second kappa shape index (κ2) is 13.3. The molecule has 2 aromatic carbocycles. The molecule has 7 nitrogen and oxygen atoms in total. The topological polar surface area (TPSA) is 106 Å². The fourth-order valence-electron chi connectivity index (χ4n) is 4.34. The zero-order chi connectivity index (χ0) is 27.7. The maximum absolute atomic E-state index is 13.1. The van der Waals surface area contributed by atoms with E-state index in [1.54, 1.807) is 32.5 Å². The Morgan fingerprint density at radius 2 is 1.84 bits per heavy atom. The van der Waals surface area contributed by atoms with E-state index in [-0.39, 0.29) is 5.91 Å². The molecule has 0 aliphatic carbocycles. The van der Waals surface area contributed by atoms with E-state index in [0.29, 0.717) is 24.9 Å². The van der Waals surface area contributed by atoms with Crippen molar-refractivity contribution in [1.29, 1.82) is 10.5 Å². The lowest BCUT2D eigenvalue weighted by Crippen LogP contribution is -2.54. The third-order valence-corrected chi connectivity index (χ3v) is 7.47. The number of hydrogen-bond donors (Lipinski definition) is 1. The molecule has 8 heteroatoms. The molecule has 2 aromatic rings. The highest BCUT2D eigenvalue weighted by Crippen LogP contribution is 2.29. The lowest BCUT2D eigenvalue weighted by molar-refractivity contribution is -0.128. The van der Waals surface area contributed by atoms with E-state index in [4.69, 9.17) is 4.74 Å². The Balaban J connectivity index is 1.66. The largest absolute Gasteiger partial charge is 0.444 e. The molecular formula is C30H36N4O3S. The number of ether oxygens (including phenoxy) is 1. The number of amides is 2. The first-order chi connectivity index (χ1) is 18.1. The van der Waals surface area contributed by atoms with E-state index >= 15 is 0 Å².